The smallest absolute Gasteiger partial charge is 0.299 e. The molecular weight excluding hydrogens is 216 g/mol. The summed E-state index contributed by atoms with van der Waals surface area (Å²) in [5.41, 5.74) is 0. The highest BCUT2D eigenvalue weighted by Crippen LogP contribution is 2.32. The standard InChI is InChI=1S/C9H13F2N5/c10-7(11)8-14-9-13-4-5-3-12-2-1-6(5)16(9)15-8/h5-7,12H,1-4H2,(H,13,14,15). The molecule has 0 saturated carbocycles. The number of fused-ring (bicyclic) bond motifs is 3. The molecule has 1 saturated heterocycles. The van der Waals surface area contributed by atoms with Crippen molar-refractivity contribution in [1.29, 1.82) is 0 Å². The number of nitrogens with one attached hydrogen (secondary N) is 2. The van der Waals surface area contributed by atoms with Crippen molar-refractivity contribution >= 4 is 5.95 Å². The van der Waals surface area contributed by atoms with Gasteiger partial charge in [0.2, 0.25) is 11.8 Å². The van der Waals surface area contributed by atoms with Gasteiger partial charge in [-0.15, -0.1) is 5.10 Å². The number of rotatable bonds is 1. The maximum Gasteiger partial charge on any atom is 0.299 e. The zero-order valence-corrected chi connectivity index (χ0v) is 8.66. The number of halogens is 2. The van der Waals surface area contributed by atoms with Crippen LogP contribution >= 0.6 is 0 Å². The lowest BCUT2D eigenvalue weighted by Gasteiger charge is -2.36. The van der Waals surface area contributed by atoms with Gasteiger partial charge in [0, 0.05) is 19.0 Å². The molecule has 2 unspecified atom stereocenters. The zero-order valence-electron chi connectivity index (χ0n) is 8.66. The van der Waals surface area contributed by atoms with Crippen molar-refractivity contribution in [1.82, 2.24) is 20.1 Å². The summed E-state index contributed by atoms with van der Waals surface area (Å²) in [5.74, 6) is 0.522. The van der Waals surface area contributed by atoms with Crippen LogP contribution in [0.2, 0.25) is 0 Å². The molecule has 2 aliphatic heterocycles. The van der Waals surface area contributed by atoms with Crippen LogP contribution in [0.3, 0.4) is 0 Å². The summed E-state index contributed by atoms with van der Waals surface area (Å²) >= 11 is 0. The summed E-state index contributed by atoms with van der Waals surface area (Å²) in [6.07, 6.45) is -1.68. The summed E-state index contributed by atoms with van der Waals surface area (Å²) in [4.78, 5) is 3.81. The Balaban J connectivity index is 1.94. The molecule has 0 aromatic carbocycles. The topological polar surface area (TPSA) is 54.8 Å². The van der Waals surface area contributed by atoms with Crippen molar-refractivity contribution in [2.75, 3.05) is 25.0 Å². The van der Waals surface area contributed by atoms with E-state index in [1.54, 1.807) is 4.68 Å². The number of hydrogen-bond acceptors (Lipinski definition) is 4. The third-order valence-electron chi connectivity index (χ3n) is 3.25. The van der Waals surface area contributed by atoms with Crippen LogP contribution in [-0.4, -0.2) is 34.4 Å². The average Bonchev–Trinajstić information content (AvgIpc) is 2.73. The van der Waals surface area contributed by atoms with Crippen molar-refractivity contribution < 1.29 is 8.78 Å². The normalized spacial score (nSPS) is 28.4. The van der Waals surface area contributed by atoms with Gasteiger partial charge < -0.3 is 10.6 Å². The molecule has 0 radical (unpaired) electrons. The van der Waals surface area contributed by atoms with Crippen LogP contribution in [0.4, 0.5) is 14.7 Å². The first-order valence-corrected chi connectivity index (χ1v) is 5.45. The van der Waals surface area contributed by atoms with Gasteiger partial charge in [-0.2, -0.15) is 4.98 Å². The van der Waals surface area contributed by atoms with Gasteiger partial charge in [-0.25, -0.2) is 13.5 Å². The number of hydrogen-bond donors (Lipinski definition) is 2. The lowest BCUT2D eigenvalue weighted by atomic mass is 9.92. The molecule has 2 aliphatic rings. The fourth-order valence-electron chi connectivity index (χ4n) is 2.45. The van der Waals surface area contributed by atoms with E-state index < -0.39 is 6.43 Å². The van der Waals surface area contributed by atoms with Crippen LogP contribution in [-0.2, 0) is 0 Å². The van der Waals surface area contributed by atoms with Crippen molar-refractivity contribution in [3.63, 3.8) is 0 Å². The molecule has 5 nitrogen and oxygen atoms in total. The second-order valence-electron chi connectivity index (χ2n) is 4.24. The lowest BCUT2D eigenvalue weighted by Crippen LogP contribution is -2.44. The molecule has 1 aromatic heterocycles. The van der Waals surface area contributed by atoms with Gasteiger partial charge in [-0.1, -0.05) is 0 Å². The van der Waals surface area contributed by atoms with Gasteiger partial charge >= 0.3 is 0 Å². The quantitative estimate of drug-likeness (QED) is 0.747. The third-order valence-corrected chi connectivity index (χ3v) is 3.25. The SMILES string of the molecule is FC(F)c1nc2n(n1)C1CCNCC1CN2. The molecule has 2 N–H and O–H groups in total. The first-order valence-electron chi connectivity index (χ1n) is 5.45. The van der Waals surface area contributed by atoms with Gasteiger partial charge in [0.25, 0.3) is 6.43 Å². The maximum atomic E-state index is 12.5. The van der Waals surface area contributed by atoms with Gasteiger partial charge in [0.1, 0.15) is 0 Å². The Morgan fingerprint density at radius 1 is 1.38 bits per heavy atom. The highest BCUT2D eigenvalue weighted by atomic mass is 19.3. The van der Waals surface area contributed by atoms with Gasteiger partial charge in [0.15, 0.2) is 0 Å². The Morgan fingerprint density at radius 2 is 2.25 bits per heavy atom. The van der Waals surface area contributed by atoms with Gasteiger partial charge in [-0.3, -0.25) is 0 Å². The van der Waals surface area contributed by atoms with Crippen molar-refractivity contribution in [3.8, 4) is 0 Å². The Labute approximate surface area is 91.2 Å². The summed E-state index contributed by atoms with van der Waals surface area (Å²) in [7, 11) is 0. The number of nitrogens with zero attached hydrogens (tertiary/aromatic N) is 3. The van der Waals surface area contributed by atoms with E-state index in [0.717, 1.165) is 26.1 Å². The molecule has 0 amide bonds. The summed E-state index contributed by atoms with van der Waals surface area (Å²) in [6.45, 7) is 2.59. The predicted molar refractivity (Wildman–Crippen MR) is 53.5 cm³/mol. The van der Waals surface area contributed by atoms with Crippen molar-refractivity contribution in [3.05, 3.63) is 5.82 Å². The minimum atomic E-state index is -2.60. The second-order valence-corrected chi connectivity index (χ2v) is 4.24. The van der Waals surface area contributed by atoms with Crippen LogP contribution in [0, 0.1) is 5.92 Å². The van der Waals surface area contributed by atoms with Crippen LogP contribution in [0.25, 0.3) is 0 Å². The molecule has 0 aliphatic carbocycles. The van der Waals surface area contributed by atoms with E-state index in [4.69, 9.17) is 0 Å². The fourth-order valence-corrected chi connectivity index (χ4v) is 2.45. The highest BCUT2D eigenvalue weighted by Gasteiger charge is 2.34. The van der Waals surface area contributed by atoms with Crippen LogP contribution in [0.15, 0.2) is 0 Å². The average molecular weight is 229 g/mol. The third kappa shape index (κ3) is 1.46. The first kappa shape index (κ1) is 9.95. The largest absolute Gasteiger partial charge is 0.354 e. The predicted octanol–water partition coefficient (Wildman–Crippen LogP) is 0.792. The highest BCUT2D eigenvalue weighted by molar-refractivity contribution is 5.29. The number of anilines is 1. The minimum absolute atomic E-state index is 0.206. The molecule has 1 fully saturated rings. The Bertz CT molecular complexity index is 391. The molecular formula is C9H13F2N5. The van der Waals surface area contributed by atoms with E-state index in [2.05, 4.69) is 20.7 Å². The molecule has 2 atom stereocenters. The van der Waals surface area contributed by atoms with Crippen LogP contribution < -0.4 is 10.6 Å². The fraction of sp³-hybridized carbons (Fsp3) is 0.778. The van der Waals surface area contributed by atoms with Gasteiger partial charge in [0.05, 0.1) is 6.04 Å². The van der Waals surface area contributed by atoms with E-state index >= 15 is 0 Å². The molecule has 0 spiro atoms. The van der Waals surface area contributed by atoms with E-state index in [9.17, 15) is 8.78 Å². The molecule has 3 heterocycles. The van der Waals surface area contributed by atoms with Crippen LogP contribution in [0.5, 0.6) is 0 Å². The number of alkyl halides is 2. The van der Waals surface area contributed by atoms with Gasteiger partial charge in [-0.05, 0) is 13.0 Å². The maximum absolute atomic E-state index is 12.5. The Hall–Kier alpha value is -1.24. The molecule has 7 heteroatoms. The lowest BCUT2D eigenvalue weighted by molar-refractivity contribution is 0.138. The number of aromatic nitrogens is 3. The molecule has 1 aromatic rings. The first-order chi connectivity index (χ1) is 7.75. The van der Waals surface area contributed by atoms with Crippen LogP contribution in [0.1, 0.15) is 24.7 Å². The molecule has 3 rings (SSSR count). The zero-order chi connectivity index (χ0) is 11.1. The second kappa shape index (κ2) is 3.65. The minimum Gasteiger partial charge on any atom is -0.354 e. The monoisotopic (exact) mass is 229 g/mol. The van der Waals surface area contributed by atoms with E-state index in [-0.39, 0.29) is 11.9 Å². The summed E-state index contributed by atoms with van der Waals surface area (Å²) in [6, 6.07) is 0.206. The molecule has 88 valence electrons. The Kier molecular flexibility index (Phi) is 2.27. The van der Waals surface area contributed by atoms with E-state index in [1.165, 1.54) is 0 Å². The molecule has 16 heavy (non-hydrogen) atoms. The summed E-state index contributed by atoms with van der Waals surface area (Å²) in [5, 5.41) is 10.2. The van der Waals surface area contributed by atoms with Crippen molar-refractivity contribution in [2.24, 2.45) is 5.92 Å². The van der Waals surface area contributed by atoms with E-state index in [1.807, 2.05) is 0 Å². The summed E-state index contributed by atoms with van der Waals surface area (Å²) < 4.78 is 26.6. The van der Waals surface area contributed by atoms with E-state index in [0.29, 0.717) is 11.9 Å². The molecule has 0 bridgehead atoms. The number of piperidine rings is 1. The van der Waals surface area contributed by atoms with Crippen molar-refractivity contribution in [2.45, 2.75) is 18.9 Å². The Morgan fingerprint density at radius 3 is 3.06 bits per heavy atom.